The molecule has 0 aliphatic rings. The number of ether oxygens (including phenoxy) is 2. The number of hydrogen-bond acceptors (Lipinski definition) is 4. The molecular weight excluding hydrogens is 208 g/mol. The van der Waals surface area contributed by atoms with Crippen molar-refractivity contribution >= 4 is 11.8 Å². The topological polar surface area (TPSA) is 52.6 Å². The maximum atomic E-state index is 11.4. The van der Waals surface area contributed by atoms with Gasteiger partial charge in [-0.3, -0.25) is 4.79 Å². The summed E-state index contributed by atoms with van der Waals surface area (Å²) < 4.78 is 9.63. The third-order valence-corrected chi connectivity index (χ3v) is 2.00. The van der Waals surface area contributed by atoms with Gasteiger partial charge in [0, 0.05) is 6.42 Å². The summed E-state index contributed by atoms with van der Waals surface area (Å²) in [6.07, 6.45) is 0.0377. The van der Waals surface area contributed by atoms with E-state index in [9.17, 15) is 9.59 Å². The monoisotopic (exact) mass is 222 g/mol. The number of esters is 1. The predicted octanol–water partition coefficient (Wildman–Crippen LogP) is 1.37. The van der Waals surface area contributed by atoms with Crippen LogP contribution >= 0.6 is 0 Å². The second kappa shape index (κ2) is 5.90. The molecule has 1 aromatic carbocycles. The fourth-order valence-electron chi connectivity index (χ4n) is 1.25. The van der Waals surface area contributed by atoms with E-state index in [1.165, 1.54) is 0 Å². The van der Waals surface area contributed by atoms with Gasteiger partial charge in [0.25, 0.3) is 0 Å². The van der Waals surface area contributed by atoms with E-state index >= 15 is 0 Å². The van der Waals surface area contributed by atoms with Crippen LogP contribution in [0.3, 0.4) is 0 Å². The maximum absolute atomic E-state index is 11.4. The van der Waals surface area contributed by atoms with Crippen LogP contribution < -0.4 is 4.74 Å². The third-order valence-electron chi connectivity index (χ3n) is 2.00. The Hall–Kier alpha value is -1.84. The summed E-state index contributed by atoms with van der Waals surface area (Å²) >= 11 is 0. The molecular formula is C12H14O4. The highest BCUT2D eigenvalue weighted by Gasteiger charge is 2.15. The lowest BCUT2D eigenvalue weighted by molar-refractivity contribution is -0.153. The fraction of sp³-hybridized carbons (Fsp3) is 0.333. The van der Waals surface area contributed by atoms with Gasteiger partial charge in [-0.1, -0.05) is 12.1 Å². The summed E-state index contributed by atoms with van der Waals surface area (Å²) in [7, 11) is 1.55. The zero-order chi connectivity index (χ0) is 12.0. The molecule has 0 unspecified atom stereocenters. The van der Waals surface area contributed by atoms with E-state index in [4.69, 9.17) is 4.74 Å². The second-order valence-corrected chi connectivity index (χ2v) is 3.17. The summed E-state index contributed by atoms with van der Waals surface area (Å²) in [4.78, 5) is 22.5. The first-order valence-corrected chi connectivity index (χ1v) is 5.00. The van der Waals surface area contributed by atoms with E-state index in [1.54, 1.807) is 38.3 Å². The van der Waals surface area contributed by atoms with Crippen LogP contribution in [0.1, 0.15) is 12.5 Å². The van der Waals surface area contributed by atoms with Gasteiger partial charge in [-0.2, -0.15) is 0 Å². The van der Waals surface area contributed by atoms with Crippen LogP contribution in [0.4, 0.5) is 0 Å². The Labute approximate surface area is 94.2 Å². The summed E-state index contributed by atoms with van der Waals surface area (Å²) in [5.74, 6) is -0.672. The number of Topliss-reactive ketones (excluding diaryl/α,β-unsaturated/α-hetero) is 1. The molecule has 0 atom stereocenters. The normalized spacial score (nSPS) is 9.62. The zero-order valence-electron chi connectivity index (χ0n) is 9.36. The Morgan fingerprint density at radius 1 is 1.31 bits per heavy atom. The Kier molecular flexibility index (Phi) is 4.51. The molecule has 0 bridgehead atoms. The van der Waals surface area contributed by atoms with Crippen LogP contribution in [0.25, 0.3) is 0 Å². The van der Waals surface area contributed by atoms with Gasteiger partial charge in [0.1, 0.15) is 5.75 Å². The molecule has 0 aliphatic carbocycles. The van der Waals surface area contributed by atoms with E-state index < -0.39 is 11.8 Å². The minimum absolute atomic E-state index is 0.0377. The van der Waals surface area contributed by atoms with Gasteiger partial charge in [0.15, 0.2) is 0 Å². The van der Waals surface area contributed by atoms with E-state index in [-0.39, 0.29) is 13.0 Å². The van der Waals surface area contributed by atoms with Crippen molar-refractivity contribution in [3.05, 3.63) is 29.8 Å². The molecule has 0 fully saturated rings. The van der Waals surface area contributed by atoms with Crippen molar-refractivity contribution in [2.75, 3.05) is 13.7 Å². The first-order valence-electron chi connectivity index (χ1n) is 5.00. The first-order chi connectivity index (χ1) is 7.67. The Balaban J connectivity index is 2.65. The van der Waals surface area contributed by atoms with E-state index in [0.717, 1.165) is 5.56 Å². The third kappa shape index (κ3) is 3.38. The highest BCUT2D eigenvalue weighted by atomic mass is 16.5. The number of benzene rings is 1. The van der Waals surface area contributed by atoms with E-state index in [2.05, 4.69) is 4.74 Å². The summed E-state index contributed by atoms with van der Waals surface area (Å²) in [5, 5.41) is 0. The number of methoxy groups -OCH3 is 1. The van der Waals surface area contributed by atoms with Crippen molar-refractivity contribution in [3.63, 3.8) is 0 Å². The largest absolute Gasteiger partial charge is 0.497 e. The summed E-state index contributed by atoms with van der Waals surface area (Å²) in [6.45, 7) is 1.87. The number of ketones is 1. The van der Waals surface area contributed by atoms with E-state index in [0.29, 0.717) is 5.75 Å². The molecule has 1 aromatic rings. The number of hydrogen-bond donors (Lipinski definition) is 0. The molecule has 0 aliphatic heterocycles. The molecule has 0 aromatic heterocycles. The number of carbonyl (C=O) groups excluding carboxylic acids is 2. The van der Waals surface area contributed by atoms with Crippen molar-refractivity contribution in [2.24, 2.45) is 0 Å². The first kappa shape index (κ1) is 12.2. The molecule has 0 radical (unpaired) electrons. The molecule has 4 heteroatoms. The summed E-state index contributed by atoms with van der Waals surface area (Å²) in [6, 6.07) is 7.03. The van der Waals surface area contributed by atoms with Crippen molar-refractivity contribution in [2.45, 2.75) is 13.3 Å². The summed E-state index contributed by atoms with van der Waals surface area (Å²) in [5.41, 5.74) is 0.734. The van der Waals surface area contributed by atoms with Gasteiger partial charge in [0.05, 0.1) is 13.7 Å². The Morgan fingerprint density at radius 3 is 2.69 bits per heavy atom. The molecule has 0 spiro atoms. The highest BCUT2D eigenvalue weighted by molar-refractivity contribution is 6.34. The van der Waals surface area contributed by atoms with Crippen molar-refractivity contribution < 1.29 is 19.1 Å². The maximum Gasteiger partial charge on any atom is 0.374 e. The predicted molar refractivity (Wildman–Crippen MR) is 58.3 cm³/mol. The minimum atomic E-state index is -0.787. The number of rotatable bonds is 5. The molecule has 86 valence electrons. The van der Waals surface area contributed by atoms with Gasteiger partial charge in [-0.25, -0.2) is 4.79 Å². The Morgan fingerprint density at radius 2 is 2.06 bits per heavy atom. The van der Waals surface area contributed by atoms with Gasteiger partial charge in [-0.15, -0.1) is 0 Å². The lowest BCUT2D eigenvalue weighted by Gasteiger charge is -2.03. The highest BCUT2D eigenvalue weighted by Crippen LogP contribution is 2.13. The van der Waals surface area contributed by atoms with Crippen LogP contribution in [-0.4, -0.2) is 25.5 Å². The van der Waals surface area contributed by atoms with Gasteiger partial charge in [0.2, 0.25) is 5.78 Å². The van der Waals surface area contributed by atoms with Gasteiger partial charge < -0.3 is 9.47 Å². The fourth-order valence-corrected chi connectivity index (χ4v) is 1.25. The van der Waals surface area contributed by atoms with Crippen LogP contribution in [-0.2, 0) is 20.7 Å². The van der Waals surface area contributed by atoms with Gasteiger partial charge >= 0.3 is 5.97 Å². The van der Waals surface area contributed by atoms with Crippen LogP contribution in [0.2, 0.25) is 0 Å². The second-order valence-electron chi connectivity index (χ2n) is 3.17. The van der Waals surface area contributed by atoms with Crippen molar-refractivity contribution in [3.8, 4) is 5.75 Å². The van der Waals surface area contributed by atoms with Crippen molar-refractivity contribution in [1.82, 2.24) is 0 Å². The molecule has 0 saturated carbocycles. The lowest BCUT2D eigenvalue weighted by atomic mass is 10.1. The lowest BCUT2D eigenvalue weighted by Crippen LogP contribution is -2.19. The van der Waals surface area contributed by atoms with E-state index in [1.807, 2.05) is 0 Å². The number of carbonyl (C=O) groups is 2. The molecule has 0 amide bonds. The average molecular weight is 222 g/mol. The van der Waals surface area contributed by atoms with Crippen LogP contribution in [0.15, 0.2) is 24.3 Å². The quantitative estimate of drug-likeness (QED) is 0.557. The molecule has 16 heavy (non-hydrogen) atoms. The standard InChI is InChI=1S/C12H14O4/c1-3-16-12(14)11(13)8-9-5-4-6-10(7-9)15-2/h4-7H,3,8H2,1-2H3. The average Bonchev–Trinajstić information content (AvgIpc) is 2.29. The molecule has 0 N–H and O–H groups in total. The Bertz CT molecular complexity index is 384. The van der Waals surface area contributed by atoms with Crippen molar-refractivity contribution in [1.29, 1.82) is 0 Å². The molecule has 1 rings (SSSR count). The molecule has 0 heterocycles. The smallest absolute Gasteiger partial charge is 0.374 e. The molecule has 0 saturated heterocycles. The minimum Gasteiger partial charge on any atom is -0.497 e. The van der Waals surface area contributed by atoms with Gasteiger partial charge in [-0.05, 0) is 24.6 Å². The molecule has 4 nitrogen and oxygen atoms in total. The van der Waals surface area contributed by atoms with Crippen LogP contribution in [0, 0.1) is 0 Å². The zero-order valence-corrected chi connectivity index (χ0v) is 9.36. The van der Waals surface area contributed by atoms with Crippen LogP contribution in [0.5, 0.6) is 5.75 Å². The SMILES string of the molecule is CCOC(=O)C(=O)Cc1cccc(OC)c1.